The van der Waals surface area contributed by atoms with Gasteiger partial charge in [-0.25, -0.2) is 9.97 Å². The van der Waals surface area contributed by atoms with Gasteiger partial charge in [0.15, 0.2) is 5.65 Å². The van der Waals surface area contributed by atoms with Crippen LogP contribution in [0.5, 0.6) is 0 Å². The quantitative estimate of drug-likeness (QED) is 0.589. The summed E-state index contributed by atoms with van der Waals surface area (Å²) in [6.45, 7) is 3.86. The van der Waals surface area contributed by atoms with Crippen LogP contribution in [-0.2, 0) is 11.8 Å². The van der Waals surface area contributed by atoms with Gasteiger partial charge in [0.1, 0.15) is 11.4 Å². The molecule has 1 amide bonds. The first-order valence-electron chi connectivity index (χ1n) is 7.21. The van der Waals surface area contributed by atoms with Gasteiger partial charge in [0.05, 0.1) is 16.8 Å². The zero-order valence-corrected chi connectivity index (χ0v) is 14.0. The Labute approximate surface area is 138 Å². The van der Waals surface area contributed by atoms with Gasteiger partial charge in [0.25, 0.3) is 0 Å². The van der Waals surface area contributed by atoms with Crippen molar-refractivity contribution in [3.8, 4) is 0 Å². The lowest BCUT2D eigenvalue weighted by Crippen LogP contribution is -2.22. The highest BCUT2D eigenvalue weighted by atomic mass is 32.2. The molecule has 0 unspecified atom stereocenters. The Balaban J connectivity index is 1.75. The summed E-state index contributed by atoms with van der Waals surface area (Å²) < 4.78 is 1.69. The highest BCUT2D eigenvalue weighted by Gasteiger charge is 2.18. The zero-order chi connectivity index (χ0) is 16.4. The van der Waals surface area contributed by atoms with Crippen LogP contribution in [0.4, 0.5) is 5.69 Å². The monoisotopic (exact) mass is 327 g/mol. The van der Waals surface area contributed by atoms with Crippen molar-refractivity contribution in [1.29, 1.82) is 0 Å². The number of carbonyl (C=O) groups is 1. The maximum atomic E-state index is 12.4. The van der Waals surface area contributed by atoms with Gasteiger partial charge in [-0.2, -0.15) is 5.10 Å². The highest BCUT2D eigenvalue weighted by molar-refractivity contribution is 8.00. The van der Waals surface area contributed by atoms with E-state index in [9.17, 15) is 4.79 Å². The lowest BCUT2D eigenvalue weighted by molar-refractivity contribution is -0.115. The molecule has 2 heterocycles. The van der Waals surface area contributed by atoms with Crippen molar-refractivity contribution in [2.75, 3.05) is 5.32 Å². The number of nitrogens with one attached hydrogen (secondary N) is 1. The van der Waals surface area contributed by atoms with Gasteiger partial charge < -0.3 is 5.32 Å². The average molecular weight is 327 g/mol. The van der Waals surface area contributed by atoms with Gasteiger partial charge in [-0.3, -0.25) is 9.48 Å². The van der Waals surface area contributed by atoms with E-state index in [4.69, 9.17) is 0 Å². The number of rotatable bonds is 4. The van der Waals surface area contributed by atoms with Crippen LogP contribution in [0.1, 0.15) is 12.5 Å². The summed E-state index contributed by atoms with van der Waals surface area (Å²) in [4.78, 5) is 20.9. The topological polar surface area (TPSA) is 72.7 Å². The van der Waals surface area contributed by atoms with Gasteiger partial charge in [-0.15, -0.1) is 0 Å². The van der Waals surface area contributed by atoms with E-state index in [2.05, 4.69) is 20.4 Å². The minimum absolute atomic E-state index is 0.0590. The third kappa shape index (κ3) is 3.34. The molecule has 3 aromatic rings. The fourth-order valence-electron chi connectivity index (χ4n) is 2.22. The molecule has 1 N–H and O–H groups in total. The molecule has 1 aromatic carbocycles. The molecule has 0 aliphatic heterocycles. The number of aromatic nitrogens is 4. The second-order valence-electron chi connectivity index (χ2n) is 5.30. The summed E-state index contributed by atoms with van der Waals surface area (Å²) in [7, 11) is 1.83. The Morgan fingerprint density at radius 1 is 1.35 bits per heavy atom. The molecule has 2 aromatic heterocycles. The van der Waals surface area contributed by atoms with Gasteiger partial charge in [-0.05, 0) is 31.5 Å². The fourth-order valence-corrected chi connectivity index (χ4v) is 3.10. The number of carbonyl (C=O) groups excluding carboxylic acids is 1. The van der Waals surface area contributed by atoms with Crippen LogP contribution in [0.25, 0.3) is 11.0 Å². The van der Waals surface area contributed by atoms with Crippen LogP contribution in [0.15, 0.2) is 41.8 Å². The molecular weight excluding hydrogens is 310 g/mol. The largest absolute Gasteiger partial charge is 0.325 e. The first kappa shape index (κ1) is 15.5. The molecule has 3 rings (SSSR count). The Kier molecular flexibility index (Phi) is 4.29. The van der Waals surface area contributed by atoms with Gasteiger partial charge >= 0.3 is 0 Å². The zero-order valence-electron chi connectivity index (χ0n) is 13.1. The minimum atomic E-state index is -0.284. The number of hydrogen-bond acceptors (Lipinski definition) is 5. The molecule has 6 nitrogen and oxygen atoms in total. The number of nitrogens with zero attached hydrogens (tertiary/aromatic N) is 4. The minimum Gasteiger partial charge on any atom is -0.325 e. The molecule has 0 aliphatic carbocycles. The summed E-state index contributed by atoms with van der Waals surface area (Å²) >= 11 is 1.40. The van der Waals surface area contributed by atoms with E-state index >= 15 is 0 Å². The SMILES string of the molecule is Cc1cccc(NC(=O)[C@@H](C)Sc2ncnc3c2cnn3C)c1. The number of amides is 1. The van der Waals surface area contributed by atoms with Gasteiger partial charge in [0, 0.05) is 12.7 Å². The number of benzene rings is 1. The van der Waals surface area contributed by atoms with Crippen molar-refractivity contribution in [1.82, 2.24) is 19.7 Å². The third-order valence-electron chi connectivity index (χ3n) is 3.44. The Morgan fingerprint density at radius 2 is 2.17 bits per heavy atom. The van der Waals surface area contributed by atoms with Crippen LogP contribution in [0.3, 0.4) is 0 Å². The van der Waals surface area contributed by atoms with Crippen LogP contribution in [0.2, 0.25) is 0 Å². The van der Waals surface area contributed by atoms with E-state index in [0.29, 0.717) is 0 Å². The van der Waals surface area contributed by atoms with Crippen molar-refractivity contribution in [2.45, 2.75) is 24.1 Å². The lowest BCUT2D eigenvalue weighted by Gasteiger charge is -2.12. The number of aryl methyl sites for hydroxylation is 2. The summed E-state index contributed by atoms with van der Waals surface area (Å²) in [6.07, 6.45) is 3.22. The molecule has 0 saturated heterocycles. The number of thioether (sulfide) groups is 1. The Bertz CT molecular complexity index is 861. The standard InChI is InChI=1S/C16H17N5OS/c1-10-5-4-6-12(7-10)20-15(22)11(2)23-16-13-8-19-21(3)14(13)17-9-18-16/h4-9,11H,1-3H3,(H,20,22)/t11-/m1/s1. The van der Waals surface area contributed by atoms with Crippen LogP contribution in [-0.4, -0.2) is 30.9 Å². The Morgan fingerprint density at radius 3 is 2.96 bits per heavy atom. The predicted octanol–water partition coefficient (Wildman–Crippen LogP) is 2.79. The van der Waals surface area contributed by atoms with Crippen LogP contribution in [0, 0.1) is 6.92 Å². The summed E-state index contributed by atoms with van der Waals surface area (Å²) in [5, 5.41) is 8.45. The predicted molar refractivity (Wildman–Crippen MR) is 91.4 cm³/mol. The molecular formula is C16H17N5OS. The average Bonchev–Trinajstić information content (AvgIpc) is 2.90. The van der Waals surface area contributed by atoms with E-state index in [1.807, 2.05) is 45.2 Å². The van der Waals surface area contributed by atoms with Crippen LogP contribution < -0.4 is 5.32 Å². The van der Waals surface area contributed by atoms with E-state index in [1.54, 1.807) is 10.9 Å². The molecule has 118 valence electrons. The van der Waals surface area contributed by atoms with E-state index < -0.39 is 0 Å². The summed E-state index contributed by atoms with van der Waals surface area (Å²) in [6, 6.07) is 7.74. The highest BCUT2D eigenvalue weighted by Crippen LogP contribution is 2.28. The van der Waals surface area contributed by atoms with Crippen LogP contribution >= 0.6 is 11.8 Å². The van der Waals surface area contributed by atoms with E-state index in [-0.39, 0.29) is 11.2 Å². The Hall–Kier alpha value is -2.41. The third-order valence-corrected chi connectivity index (χ3v) is 4.55. The van der Waals surface area contributed by atoms with Crippen molar-refractivity contribution in [3.05, 3.63) is 42.4 Å². The van der Waals surface area contributed by atoms with Gasteiger partial charge in [0.2, 0.25) is 5.91 Å². The molecule has 23 heavy (non-hydrogen) atoms. The molecule has 0 bridgehead atoms. The van der Waals surface area contributed by atoms with Crippen molar-refractivity contribution >= 4 is 34.4 Å². The number of hydrogen-bond donors (Lipinski definition) is 1. The maximum absolute atomic E-state index is 12.4. The molecule has 1 atom stereocenters. The molecule has 7 heteroatoms. The second kappa shape index (κ2) is 6.37. The normalized spacial score (nSPS) is 12.3. The van der Waals surface area contributed by atoms with Crippen molar-refractivity contribution < 1.29 is 4.79 Å². The van der Waals surface area contributed by atoms with Crippen molar-refractivity contribution in [3.63, 3.8) is 0 Å². The van der Waals surface area contributed by atoms with Crippen molar-refractivity contribution in [2.24, 2.45) is 7.05 Å². The van der Waals surface area contributed by atoms with E-state index in [1.165, 1.54) is 18.1 Å². The molecule has 0 spiro atoms. The first-order chi connectivity index (χ1) is 11.0. The fraction of sp³-hybridized carbons (Fsp3) is 0.250. The first-order valence-corrected chi connectivity index (χ1v) is 8.09. The summed E-state index contributed by atoms with van der Waals surface area (Å²) in [5.41, 5.74) is 2.67. The molecule has 0 aliphatic rings. The summed E-state index contributed by atoms with van der Waals surface area (Å²) in [5.74, 6) is -0.0590. The van der Waals surface area contributed by atoms with E-state index in [0.717, 1.165) is 27.3 Å². The molecule has 0 saturated carbocycles. The number of fused-ring (bicyclic) bond motifs is 1. The lowest BCUT2D eigenvalue weighted by atomic mass is 10.2. The maximum Gasteiger partial charge on any atom is 0.237 e. The molecule has 0 fully saturated rings. The van der Waals surface area contributed by atoms with Gasteiger partial charge in [-0.1, -0.05) is 23.9 Å². The smallest absolute Gasteiger partial charge is 0.237 e. The second-order valence-corrected chi connectivity index (χ2v) is 6.63. The molecule has 0 radical (unpaired) electrons. The number of anilines is 1.